The standard InChI is InChI=1S/C40H69N5O9/c1-15-19-28(17-3)35(47)27(10)41-37(48)26(9)36(54-14)29-20-18-21-45(29)31(46)22-30(53-13)34(25(8)16-2)43(11)39(50)32(23(4)5)42-38(49)33(24(6)7)44(12)40(51)52/h15,17,19,23-27,29-30,32-36,47H,1,3,16,18,20-22H2,2,4-14H3,(H,41,48)(H,42,49)(H,51,52)/b28-19+/t25?,26?,27?,29?,30?,32-,33?,34?,35?,36?/m0/s1. The molecule has 1 aliphatic heterocycles. The number of rotatable bonds is 22. The van der Waals surface area contributed by atoms with Gasteiger partial charge in [0.2, 0.25) is 23.6 Å². The van der Waals surface area contributed by atoms with Crippen LogP contribution < -0.4 is 10.6 Å². The van der Waals surface area contributed by atoms with Crippen LogP contribution in [0.15, 0.2) is 37.0 Å². The monoisotopic (exact) mass is 764 g/mol. The van der Waals surface area contributed by atoms with Gasteiger partial charge in [-0.3, -0.25) is 24.1 Å². The zero-order valence-electron chi connectivity index (χ0n) is 34.7. The summed E-state index contributed by atoms with van der Waals surface area (Å²) in [4.78, 5) is 71.2. The fourth-order valence-electron chi connectivity index (χ4n) is 7.47. The first-order chi connectivity index (χ1) is 25.2. The van der Waals surface area contributed by atoms with Crippen molar-refractivity contribution in [2.45, 2.75) is 130 Å². The largest absolute Gasteiger partial charge is 0.465 e. The summed E-state index contributed by atoms with van der Waals surface area (Å²) in [6.45, 7) is 22.3. The first kappa shape index (κ1) is 48.3. The summed E-state index contributed by atoms with van der Waals surface area (Å²) in [6.07, 6.45) is 3.04. The number of aliphatic hydroxyl groups excluding tert-OH is 1. The zero-order valence-corrected chi connectivity index (χ0v) is 34.7. The van der Waals surface area contributed by atoms with Crippen LogP contribution in [0.3, 0.4) is 0 Å². The van der Waals surface area contributed by atoms with Crippen LogP contribution in [0.1, 0.15) is 81.1 Å². The van der Waals surface area contributed by atoms with Gasteiger partial charge in [0.15, 0.2) is 0 Å². The number of carbonyl (C=O) groups excluding carboxylic acids is 4. The number of amides is 5. The summed E-state index contributed by atoms with van der Waals surface area (Å²) < 4.78 is 11.8. The normalized spacial score (nSPS) is 19.8. The predicted octanol–water partition coefficient (Wildman–Crippen LogP) is 3.85. The molecule has 1 heterocycles. The number of hydrogen-bond acceptors (Lipinski definition) is 8. The second-order valence-corrected chi connectivity index (χ2v) is 15.3. The smallest absolute Gasteiger partial charge is 0.407 e. The fourth-order valence-corrected chi connectivity index (χ4v) is 7.47. The highest BCUT2D eigenvalue weighted by Gasteiger charge is 2.43. The van der Waals surface area contributed by atoms with Gasteiger partial charge in [0.25, 0.3) is 0 Å². The fraction of sp³-hybridized carbons (Fsp3) is 0.725. The number of allylic oxidation sites excluding steroid dienone is 2. The number of aliphatic hydroxyl groups is 1. The third kappa shape index (κ3) is 12.4. The van der Waals surface area contributed by atoms with E-state index in [4.69, 9.17) is 9.47 Å². The SMILES string of the molecule is C=C/C=C(\C=C)C(O)C(C)NC(=O)C(C)C(OC)C1CCCN1C(=O)CC(OC)C(C(C)CC)N(C)C(=O)[C@@H](NC(=O)C(C(C)C)N(C)C(=O)O)C(C)C. The molecule has 308 valence electrons. The van der Waals surface area contributed by atoms with Crippen molar-refractivity contribution >= 4 is 29.7 Å². The number of carbonyl (C=O) groups is 5. The molecular formula is C40H69N5O9. The molecule has 1 rings (SSSR count). The summed E-state index contributed by atoms with van der Waals surface area (Å²) in [7, 11) is 5.99. The number of nitrogens with one attached hydrogen (secondary N) is 2. The number of likely N-dealkylation sites (N-methyl/N-ethyl adjacent to an activating group) is 2. The molecule has 0 aromatic rings. The lowest BCUT2D eigenvalue weighted by molar-refractivity contribution is -0.148. The minimum Gasteiger partial charge on any atom is -0.465 e. The van der Waals surface area contributed by atoms with Crippen molar-refractivity contribution in [3.63, 3.8) is 0 Å². The molecule has 0 aliphatic carbocycles. The van der Waals surface area contributed by atoms with Crippen molar-refractivity contribution in [1.29, 1.82) is 0 Å². The third-order valence-corrected chi connectivity index (χ3v) is 10.8. The van der Waals surface area contributed by atoms with Gasteiger partial charge in [-0.15, -0.1) is 0 Å². The van der Waals surface area contributed by atoms with Crippen LogP contribution in [0.25, 0.3) is 0 Å². The van der Waals surface area contributed by atoms with E-state index in [-0.39, 0.29) is 41.9 Å². The highest BCUT2D eigenvalue weighted by atomic mass is 16.5. The Morgan fingerprint density at radius 2 is 1.54 bits per heavy atom. The molecule has 14 heteroatoms. The topological polar surface area (TPSA) is 178 Å². The van der Waals surface area contributed by atoms with Gasteiger partial charge < -0.3 is 40.1 Å². The van der Waals surface area contributed by atoms with Crippen molar-refractivity contribution < 1.29 is 43.7 Å². The lowest BCUT2D eigenvalue weighted by Gasteiger charge is -2.41. The minimum absolute atomic E-state index is 0.0443. The maximum absolute atomic E-state index is 14.2. The molecule has 4 N–H and O–H groups in total. The Hall–Kier alpha value is -3.75. The van der Waals surface area contributed by atoms with E-state index in [1.54, 1.807) is 64.5 Å². The van der Waals surface area contributed by atoms with Crippen molar-refractivity contribution in [2.24, 2.45) is 23.7 Å². The first-order valence-corrected chi connectivity index (χ1v) is 19.1. The molecular weight excluding hydrogens is 694 g/mol. The second-order valence-electron chi connectivity index (χ2n) is 15.3. The zero-order chi connectivity index (χ0) is 41.6. The molecule has 1 fully saturated rings. The van der Waals surface area contributed by atoms with Crippen molar-refractivity contribution in [2.75, 3.05) is 34.9 Å². The maximum atomic E-state index is 14.2. The molecule has 0 saturated carbocycles. The Kier molecular flexibility index (Phi) is 20.2. The number of methoxy groups -OCH3 is 2. The first-order valence-electron chi connectivity index (χ1n) is 19.1. The summed E-state index contributed by atoms with van der Waals surface area (Å²) in [6, 6.07) is -3.55. The molecule has 10 atom stereocenters. The van der Waals surface area contributed by atoms with Crippen LogP contribution in [0.2, 0.25) is 0 Å². The molecule has 0 spiro atoms. The van der Waals surface area contributed by atoms with Gasteiger partial charge in [0.05, 0.1) is 48.8 Å². The minimum atomic E-state index is -1.25. The van der Waals surface area contributed by atoms with Gasteiger partial charge in [0, 0.05) is 34.9 Å². The van der Waals surface area contributed by atoms with E-state index in [0.29, 0.717) is 31.4 Å². The van der Waals surface area contributed by atoms with Crippen molar-refractivity contribution in [3.05, 3.63) is 37.0 Å². The maximum Gasteiger partial charge on any atom is 0.407 e. The lowest BCUT2D eigenvalue weighted by Crippen LogP contribution is -2.60. The molecule has 9 unspecified atom stereocenters. The average Bonchev–Trinajstić information content (AvgIpc) is 3.61. The van der Waals surface area contributed by atoms with Crippen LogP contribution >= 0.6 is 0 Å². The number of ether oxygens (including phenoxy) is 2. The Balaban J connectivity index is 3.30. The van der Waals surface area contributed by atoms with Crippen molar-refractivity contribution in [3.8, 4) is 0 Å². The van der Waals surface area contributed by atoms with E-state index in [2.05, 4.69) is 23.8 Å². The average molecular weight is 764 g/mol. The second kappa shape index (κ2) is 22.6. The number of carboxylic acid groups (broad SMARTS) is 1. The van der Waals surface area contributed by atoms with E-state index in [9.17, 15) is 34.2 Å². The van der Waals surface area contributed by atoms with Crippen LogP contribution in [0.4, 0.5) is 4.79 Å². The number of nitrogens with zero attached hydrogens (tertiary/aromatic N) is 3. The van der Waals surface area contributed by atoms with Gasteiger partial charge in [-0.2, -0.15) is 0 Å². The van der Waals surface area contributed by atoms with Crippen LogP contribution in [-0.2, 0) is 28.7 Å². The third-order valence-electron chi connectivity index (χ3n) is 10.8. The highest BCUT2D eigenvalue weighted by Crippen LogP contribution is 2.30. The van der Waals surface area contributed by atoms with E-state index in [1.807, 2.05) is 13.8 Å². The molecule has 1 aliphatic rings. The summed E-state index contributed by atoms with van der Waals surface area (Å²) in [5, 5.41) is 26.0. The molecule has 0 bridgehead atoms. The van der Waals surface area contributed by atoms with Crippen molar-refractivity contribution in [1.82, 2.24) is 25.3 Å². The quantitative estimate of drug-likeness (QED) is 0.119. The highest BCUT2D eigenvalue weighted by molar-refractivity contribution is 5.91. The molecule has 14 nitrogen and oxygen atoms in total. The molecule has 0 radical (unpaired) electrons. The van der Waals surface area contributed by atoms with Gasteiger partial charge in [-0.1, -0.05) is 86.3 Å². The van der Waals surface area contributed by atoms with E-state index < -0.39 is 66.4 Å². The van der Waals surface area contributed by atoms with Crippen LogP contribution in [-0.4, -0.2) is 138 Å². The molecule has 0 aromatic heterocycles. The Morgan fingerprint density at radius 3 is 2.00 bits per heavy atom. The van der Waals surface area contributed by atoms with E-state index in [1.165, 1.54) is 33.4 Å². The summed E-state index contributed by atoms with van der Waals surface area (Å²) >= 11 is 0. The number of hydrogen-bond donors (Lipinski definition) is 4. The summed E-state index contributed by atoms with van der Waals surface area (Å²) in [5.41, 5.74) is 0.518. The van der Waals surface area contributed by atoms with Gasteiger partial charge >= 0.3 is 6.09 Å². The number of likely N-dealkylation sites (tertiary alicyclic amines) is 1. The predicted molar refractivity (Wildman–Crippen MR) is 209 cm³/mol. The van der Waals surface area contributed by atoms with E-state index in [0.717, 1.165) is 4.90 Å². The van der Waals surface area contributed by atoms with Gasteiger partial charge in [0.1, 0.15) is 12.1 Å². The van der Waals surface area contributed by atoms with Gasteiger partial charge in [-0.25, -0.2) is 4.79 Å². The molecule has 1 saturated heterocycles. The molecule has 5 amide bonds. The lowest BCUT2D eigenvalue weighted by atomic mass is 9.89. The van der Waals surface area contributed by atoms with Crippen LogP contribution in [0, 0.1) is 23.7 Å². The Bertz CT molecular complexity index is 1320. The Labute approximate surface area is 323 Å². The van der Waals surface area contributed by atoms with E-state index >= 15 is 0 Å². The van der Waals surface area contributed by atoms with Gasteiger partial charge in [-0.05, 0) is 43.1 Å². The summed E-state index contributed by atoms with van der Waals surface area (Å²) in [5.74, 6) is -2.93. The van der Waals surface area contributed by atoms with Crippen LogP contribution in [0.5, 0.6) is 0 Å². The Morgan fingerprint density at radius 1 is 0.926 bits per heavy atom. The molecule has 0 aromatic carbocycles. The molecule has 54 heavy (non-hydrogen) atoms.